The van der Waals surface area contributed by atoms with E-state index in [4.69, 9.17) is 17.5 Å². The monoisotopic (exact) mass is 462 g/mol. The molecule has 0 atom stereocenters. The Bertz CT molecular complexity index is 1250. The molecule has 0 aromatic heterocycles. The minimum atomic E-state index is -4.81. The van der Waals surface area contributed by atoms with E-state index >= 15 is 0 Å². The van der Waals surface area contributed by atoms with Gasteiger partial charge >= 0.3 is 6.18 Å². The van der Waals surface area contributed by atoms with Crippen LogP contribution in [0.3, 0.4) is 0 Å². The van der Waals surface area contributed by atoms with E-state index in [1.165, 1.54) is 36.9 Å². The van der Waals surface area contributed by atoms with Gasteiger partial charge in [-0.25, -0.2) is 4.39 Å². The number of carbonyl (C=O) groups excluding carboxylic acids is 2. The summed E-state index contributed by atoms with van der Waals surface area (Å²) >= 11 is 5.47. The van der Waals surface area contributed by atoms with Crippen LogP contribution in [-0.4, -0.2) is 22.5 Å². The molecule has 2 aliphatic heterocycles. The molecule has 1 N–H and O–H groups in total. The number of nitrogens with one attached hydrogen (secondary N) is 1. The van der Waals surface area contributed by atoms with Crippen LogP contribution in [0.4, 0.5) is 28.9 Å². The van der Waals surface area contributed by atoms with Crippen molar-refractivity contribution >= 4 is 40.5 Å². The van der Waals surface area contributed by atoms with Crippen LogP contribution in [0.25, 0.3) is 0 Å². The van der Waals surface area contributed by atoms with E-state index in [9.17, 15) is 27.2 Å². The summed E-state index contributed by atoms with van der Waals surface area (Å²) in [7, 11) is 0. The maximum atomic E-state index is 14.2. The summed E-state index contributed by atoms with van der Waals surface area (Å²) in [4.78, 5) is 27.6. The predicted molar refractivity (Wildman–Crippen MR) is 110 cm³/mol. The van der Waals surface area contributed by atoms with E-state index in [1.807, 2.05) is 0 Å². The predicted octanol–water partition coefficient (Wildman–Crippen LogP) is 3.88. The van der Waals surface area contributed by atoms with Crippen molar-refractivity contribution in [3.63, 3.8) is 0 Å². The van der Waals surface area contributed by atoms with Gasteiger partial charge < -0.3 is 10.2 Å². The van der Waals surface area contributed by atoms with Crippen molar-refractivity contribution in [3.05, 3.63) is 58.4 Å². The molecule has 2 amide bonds. The van der Waals surface area contributed by atoms with E-state index < -0.39 is 40.5 Å². The lowest BCUT2D eigenvalue weighted by molar-refractivity contribution is -0.137. The SMILES string of the molecule is CC1(C)C(=O)N(c2ccc(C#N)c(C(F)(F)F)c2)C(=S)N1c1ccc(F)c2c1CNC2=O. The van der Waals surface area contributed by atoms with E-state index in [1.54, 1.807) is 0 Å². The maximum Gasteiger partial charge on any atom is 0.417 e. The van der Waals surface area contributed by atoms with Gasteiger partial charge in [-0.05, 0) is 56.4 Å². The zero-order valence-electron chi connectivity index (χ0n) is 16.7. The number of hydrogen-bond acceptors (Lipinski definition) is 4. The number of nitriles is 1. The van der Waals surface area contributed by atoms with Gasteiger partial charge in [0.1, 0.15) is 11.4 Å². The molecule has 1 fully saturated rings. The van der Waals surface area contributed by atoms with Gasteiger partial charge in [-0.3, -0.25) is 14.5 Å². The molecule has 2 aromatic rings. The summed E-state index contributed by atoms with van der Waals surface area (Å²) in [5.41, 5.74) is -2.84. The van der Waals surface area contributed by atoms with Crippen LogP contribution in [0.2, 0.25) is 0 Å². The minimum absolute atomic E-state index is 0.0136. The molecule has 11 heteroatoms. The van der Waals surface area contributed by atoms with Crippen LogP contribution in [0.1, 0.15) is 40.9 Å². The number of benzene rings is 2. The third-order valence-corrected chi connectivity index (χ3v) is 5.85. The fraction of sp³-hybridized carbons (Fsp3) is 0.238. The lowest BCUT2D eigenvalue weighted by atomic mass is 9.99. The highest BCUT2D eigenvalue weighted by molar-refractivity contribution is 7.81. The first kappa shape index (κ1) is 21.7. The van der Waals surface area contributed by atoms with Crippen molar-refractivity contribution in [3.8, 4) is 6.07 Å². The molecule has 0 saturated carbocycles. The van der Waals surface area contributed by atoms with Crippen molar-refractivity contribution in [1.29, 1.82) is 5.26 Å². The summed E-state index contributed by atoms with van der Waals surface area (Å²) < 4.78 is 54.5. The Morgan fingerprint density at radius 3 is 2.50 bits per heavy atom. The van der Waals surface area contributed by atoms with Gasteiger partial charge in [0, 0.05) is 12.1 Å². The van der Waals surface area contributed by atoms with E-state index in [0.717, 1.165) is 17.0 Å². The largest absolute Gasteiger partial charge is 0.417 e. The highest BCUT2D eigenvalue weighted by Gasteiger charge is 2.51. The molecule has 0 unspecified atom stereocenters. The van der Waals surface area contributed by atoms with E-state index in [2.05, 4.69) is 5.32 Å². The normalized spacial score (nSPS) is 17.5. The second-order valence-electron chi connectivity index (χ2n) is 7.76. The summed E-state index contributed by atoms with van der Waals surface area (Å²) in [6.07, 6.45) is -4.81. The number of hydrogen-bond donors (Lipinski definition) is 1. The number of amides is 2. The number of carbonyl (C=O) groups is 2. The third kappa shape index (κ3) is 3.02. The van der Waals surface area contributed by atoms with Gasteiger partial charge in [0.05, 0.1) is 34.1 Å². The topological polar surface area (TPSA) is 76.4 Å². The zero-order chi connectivity index (χ0) is 23.6. The molecule has 4 rings (SSSR count). The Morgan fingerprint density at radius 2 is 1.88 bits per heavy atom. The van der Waals surface area contributed by atoms with E-state index in [-0.39, 0.29) is 22.9 Å². The average molecular weight is 462 g/mol. The molecular weight excluding hydrogens is 448 g/mol. The molecular formula is C21H14F4N4O2S. The second-order valence-corrected chi connectivity index (χ2v) is 8.12. The fourth-order valence-electron chi connectivity index (χ4n) is 3.93. The summed E-state index contributed by atoms with van der Waals surface area (Å²) in [5.74, 6) is -1.95. The van der Waals surface area contributed by atoms with Gasteiger partial charge in [-0.1, -0.05) is 0 Å². The number of anilines is 2. The molecule has 2 heterocycles. The highest BCUT2D eigenvalue weighted by Crippen LogP contribution is 2.41. The van der Waals surface area contributed by atoms with Crippen LogP contribution in [-0.2, 0) is 17.5 Å². The lowest BCUT2D eigenvalue weighted by Crippen LogP contribution is -2.44. The standard InChI is InChI=1S/C21H14F4N4O2S/c1-20(2)18(31)28(11-4-3-10(8-26)13(7-11)21(23,24)25)19(32)29(20)15-6-5-14(22)16-12(15)9-27-17(16)30/h3-7H,9H2,1-2H3,(H,27,30). The Morgan fingerprint density at radius 1 is 1.19 bits per heavy atom. The molecule has 2 aliphatic rings. The van der Waals surface area contributed by atoms with Crippen LogP contribution in [0.5, 0.6) is 0 Å². The first-order chi connectivity index (χ1) is 14.9. The average Bonchev–Trinajstić information content (AvgIpc) is 3.18. The highest BCUT2D eigenvalue weighted by atomic mass is 32.1. The van der Waals surface area contributed by atoms with Crippen LogP contribution in [0, 0.1) is 17.1 Å². The number of alkyl halides is 3. The zero-order valence-corrected chi connectivity index (χ0v) is 17.5. The quantitative estimate of drug-likeness (QED) is 0.542. The molecule has 0 aliphatic carbocycles. The second kappa shape index (κ2) is 7.00. The first-order valence-corrected chi connectivity index (χ1v) is 9.70. The van der Waals surface area contributed by atoms with Gasteiger partial charge in [0.15, 0.2) is 5.11 Å². The Kier molecular flexibility index (Phi) is 4.74. The number of rotatable bonds is 2. The third-order valence-electron chi connectivity index (χ3n) is 5.49. The fourth-order valence-corrected chi connectivity index (χ4v) is 4.44. The molecule has 32 heavy (non-hydrogen) atoms. The van der Waals surface area contributed by atoms with Gasteiger partial charge in [-0.15, -0.1) is 0 Å². The van der Waals surface area contributed by atoms with Crippen molar-refractivity contribution in [1.82, 2.24) is 5.32 Å². The van der Waals surface area contributed by atoms with Crippen LogP contribution >= 0.6 is 12.2 Å². The Hall–Kier alpha value is -3.52. The minimum Gasteiger partial charge on any atom is -0.348 e. The summed E-state index contributed by atoms with van der Waals surface area (Å²) in [6.45, 7) is 3.06. The van der Waals surface area contributed by atoms with Crippen molar-refractivity contribution in [2.24, 2.45) is 0 Å². The Balaban J connectivity index is 1.86. The summed E-state index contributed by atoms with van der Waals surface area (Å²) in [5, 5.41) is 11.4. The molecule has 1 saturated heterocycles. The maximum absolute atomic E-state index is 14.2. The van der Waals surface area contributed by atoms with Gasteiger partial charge in [0.25, 0.3) is 11.8 Å². The molecule has 164 valence electrons. The van der Waals surface area contributed by atoms with Gasteiger partial charge in [0.2, 0.25) is 0 Å². The van der Waals surface area contributed by atoms with Crippen molar-refractivity contribution in [2.45, 2.75) is 32.1 Å². The van der Waals surface area contributed by atoms with Crippen molar-refractivity contribution < 1.29 is 27.2 Å². The number of fused-ring (bicyclic) bond motifs is 1. The summed E-state index contributed by atoms with van der Waals surface area (Å²) in [6, 6.07) is 6.82. The number of halogens is 4. The van der Waals surface area contributed by atoms with Crippen molar-refractivity contribution in [2.75, 3.05) is 9.80 Å². The van der Waals surface area contributed by atoms with Crippen LogP contribution in [0.15, 0.2) is 30.3 Å². The molecule has 0 bridgehead atoms. The Labute approximate surface area is 185 Å². The number of thiocarbonyl (C=S) groups is 1. The van der Waals surface area contributed by atoms with E-state index in [0.29, 0.717) is 17.3 Å². The molecule has 0 spiro atoms. The number of nitrogens with zero attached hydrogens (tertiary/aromatic N) is 3. The molecule has 2 aromatic carbocycles. The molecule has 0 radical (unpaired) electrons. The van der Waals surface area contributed by atoms with Gasteiger partial charge in [-0.2, -0.15) is 18.4 Å². The lowest BCUT2D eigenvalue weighted by Gasteiger charge is -2.31. The smallest absolute Gasteiger partial charge is 0.348 e. The first-order valence-electron chi connectivity index (χ1n) is 9.29. The van der Waals surface area contributed by atoms with Crippen LogP contribution < -0.4 is 15.1 Å². The molecule has 6 nitrogen and oxygen atoms in total.